The van der Waals surface area contributed by atoms with E-state index in [0.717, 1.165) is 31.9 Å². The van der Waals surface area contributed by atoms with Crippen molar-refractivity contribution in [2.75, 3.05) is 45.8 Å². The predicted octanol–water partition coefficient (Wildman–Crippen LogP) is 1.02. The van der Waals surface area contributed by atoms with E-state index in [9.17, 15) is 9.59 Å². The van der Waals surface area contributed by atoms with Crippen LogP contribution in [0.5, 0.6) is 0 Å². The van der Waals surface area contributed by atoms with E-state index in [1.807, 2.05) is 42.7 Å². The molecule has 2 amide bonds. The number of aryl methyl sites for hydroxylation is 1. The highest BCUT2D eigenvalue weighted by molar-refractivity contribution is 5.94. The third-order valence-electron chi connectivity index (χ3n) is 4.29. The molecule has 0 radical (unpaired) electrons. The molecule has 1 fully saturated rings. The summed E-state index contributed by atoms with van der Waals surface area (Å²) < 4.78 is 0. The second-order valence-corrected chi connectivity index (χ2v) is 5.82. The molecular formula is C17H26N4O2. The lowest BCUT2D eigenvalue weighted by atomic mass is 10.2. The number of nitrogens with zero attached hydrogens (tertiary/aromatic N) is 4. The normalized spacial score (nSPS) is 15.5. The summed E-state index contributed by atoms with van der Waals surface area (Å²) in [5.74, 6) is 0.185. The first-order valence-corrected chi connectivity index (χ1v) is 8.27. The van der Waals surface area contributed by atoms with Crippen molar-refractivity contribution in [3.8, 4) is 0 Å². The molecule has 0 spiro atoms. The average Bonchev–Trinajstić information content (AvgIpc) is 2.57. The molecule has 0 aromatic carbocycles. The topological polar surface area (TPSA) is 56.8 Å². The van der Waals surface area contributed by atoms with Crippen molar-refractivity contribution in [1.82, 2.24) is 19.7 Å². The number of rotatable bonds is 5. The minimum Gasteiger partial charge on any atom is -0.342 e. The van der Waals surface area contributed by atoms with Gasteiger partial charge in [0.25, 0.3) is 5.91 Å². The number of carbonyl (C=O) groups excluding carboxylic acids is 2. The molecule has 1 aromatic heterocycles. The number of hydrogen-bond donors (Lipinski definition) is 0. The molecular weight excluding hydrogens is 292 g/mol. The molecule has 0 unspecified atom stereocenters. The molecule has 126 valence electrons. The first-order valence-electron chi connectivity index (χ1n) is 8.27. The Morgan fingerprint density at radius 3 is 2.30 bits per heavy atom. The fourth-order valence-corrected chi connectivity index (χ4v) is 2.75. The van der Waals surface area contributed by atoms with Gasteiger partial charge in [-0.25, -0.2) is 0 Å². The average molecular weight is 318 g/mol. The Labute approximate surface area is 138 Å². The molecule has 0 saturated carbocycles. The molecule has 1 aliphatic rings. The predicted molar refractivity (Wildman–Crippen MR) is 89.2 cm³/mol. The lowest BCUT2D eigenvalue weighted by molar-refractivity contribution is -0.132. The summed E-state index contributed by atoms with van der Waals surface area (Å²) in [6.07, 6.45) is 1.63. The number of aromatic nitrogens is 1. The van der Waals surface area contributed by atoms with Gasteiger partial charge >= 0.3 is 0 Å². The van der Waals surface area contributed by atoms with E-state index < -0.39 is 0 Å². The summed E-state index contributed by atoms with van der Waals surface area (Å²) in [4.78, 5) is 34.6. The molecule has 0 bridgehead atoms. The van der Waals surface area contributed by atoms with Crippen LogP contribution in [0.1, 0.15) is 29.9 Å². The van der Waals surface area contributed by atoms with Crippen molar-refractivity contribution < 1.29 is 9.59 Å². The molecule has 1 saturated heterocycles. The van der Waals surface area contributed by atoms with Gasteiger partial charge in [0.05, 0.1) is 12.1 Å². The van der Waals surface area contributed by atoms with E-state index in [0.29, 0.717) is 25.2 Å². The second kappa shape index (κ2) is 8.06. The first kappa shape index (κ1) is 17.4. The van der Waals surface area contributed by atoms with Crippen LogP contribution in [0.15, 0.2) is 18.3 Å². The van der Waals surface area contributed by atoms with Gasteiger partial charge in [0.15, 0.2) is 0 Å². The van der Waals surface area contributed by atoms with Crippen molar-refractivity contribution in [1.29, 1.82) is 0 Å². The van der Waals surface area contributed by atoms with Gasteiger partial charge in [-0.05, 0) is 32.9 Å². The Hall–Kier alpha value is -1.95. The van der Waals surface area contributed by atoms with Crippen LogP contribution in [-0.2, 0) is 4.79 Å². The van der Waals surface area contributed by atoms with Gasteiger partial charge in [-0.1, -0.05) is 0 Å². The van der Waals surface area contributed by atoms with Crippen LogP contribution >= 0.6 is 0 Å². The molecule has 6 heteroatoms. The third-order valence-corrected chi connectivity index (χ3v) is 4.29. The number of carbonyl (C=O) groups is 2. The monoisotopic (exact) mass is 318 g/mol. The number of amides is 2. The quantitative estimate of drug-likeness (QED) is 0.813. The number of pyridine rings is 1. The number of likely N-dealkylation sites (N-methyl/N-ethyl adjacent to an activating group) is 1. The molecule has 0 atom stereocenters. The van der Waals surface area contributed by atoms with Gasteiger partial charge in [0.1, 0.15) is 0 Å². The molecule has 0 N–H and O–H groups in total. The van der Waals surface area contributed by atoms with Gasteiger partial charge in [0, 0.05) is 51.2 Å². The zero-order chi connectivity index (χ0) is 16.8. The standard InChI is InChI=1S/C17H26N4O2/c1-4-20(5-2)16(22)13-19-8-10-21(11-9-19)17(23)15-7-6-14(3)18-12-15/h6-7,12H,4-5,8-11,13H2,1-3H3. The maximum Gasteiger partial charge on any atom is 0.255 e. The van der Waals surface area contributed by atoms with Crippen LogP contribution in [0.4, 0.5) is 0 Å². The highest BCUT2D eigenvalue weighted by Crippen LogP contribution is 2.09. The van der Waals surface area contributed by atoms with Crippen molar-refractivity contribution in [3.63, 3.8) is 0 Å². The summed E-state index contributed by atoms with van der Waals surface area (Å²) in [6.45, 7) is 10.6. The largest absolute Gasteiger partial charge is 0.342 e. The Balaban J connectivity index is 1.85. The van der Waals surface area contributed by atoms with Crippen LogP contribution < -0.4 is 0 Å². The first-order chi connectivity index (χ1) is 11.0. The summed E-state index contributed by atoms with van der Waals surface area (Å²) in [5, 5.41) is 0. The Morgan fingerprint density at radius 1 is 1.13 bits per heavy atom. The number of piperazine rings is 1. The van der Waals surface area contributed by atoms with E-state index in [4.69, 9.17) is 0 Å². The maximum absolute atomic E-state index is 12.4. The molecule has 1 aliphatic heterocycles. The van der Waals surface area contributed by atoms with Crippen molar-refractivity contribution in [2.45, 2.75) is 20.8 Å². The smallest absolute Gasteiger partial charge is 0.255 e. The van der Waals surface area contributed by atoms with Gasteiger partial charge in [-0.3, -0.25) is 19.5 Å². The lowest BCUT2D eigenvalue weighted by Gasteiger charge is -2.35. The van der Waals surface area contributed by atoms with E-state index >= 15 is 0 Å². The molecule has 1 aromatic rings. The van der Waals surface area contributed by atoms with Crippen molar-refractivity contribution in [3.05, 3.63) is 29.6 Å². The van der Waals surface area contributed by atoms with Gasteiger partial charge in [0.2, 0.25) is 5.91 Å². The zero-order valence-electron chi connectivity index (χ0n) is 14.3. The fraction of sp³-hybridized carbons (Fsp3) is 0.588. The third kappa shape index (κ3) is 4.51. The van der Waals surface area contributed by atoms with E-state index in [-0.39, 0.29) is 11.8 Å². The molecule has 2 rings (SSSR count). The summed E-state index contributed by atoms with van der Waals surface area (Å²) in [7, 11) is 0. The SMILES string of the molecule is CCN(CC)C(=O)CN1CCN(C(=O)c2ccc(C)nc2)CC1. The molecule has 23 heavy (non-hydrogen) atoms. The van der Waals surface area contributed by atoms with Gasteiger partial charge in [-0.2, -0.15) is 0 Å². The highest BCUT2D eigenvalue weighted by Gasteiger charge is 2.24. The Bertz CT molecular complexity index is 532. The highest BCUT2D eigenvalue weighted by atomic mass is 16.2. The summed E-state index contributed by atoms with van der Waals surface area (Å²) >= 11 is 0. The van der Waals surface area contributed by atoms with Gasteiger partial charge < -0.3 is 9.80 Å². The second-order valence-electron chi connectivity index (χ2n) is 5.82. The summed E-state index contributed by atoms with van der Waals surface area (Å²) in [5.41, 5.74) is 1.53. The van der Waals surface area contributed by atoms with E-state index in [1.165, 1.54) is 0 Å². The van der Waals surface area contributed by atoms with Gasteiger partial charge in [-0.15, -0.1) is 0 Å². The van der Waals surface area contributed by atoms with Crippen LogP contribution in [-0.4, -0.2) is 77.3 Å². The molecule has 0 aliphatic carbocycles. The van der Waals surface area contributed by atoms with Crippen LogP contribution in [0, 0.1) is 6.92 Å². The molecule has 6 nitrogen and oxygen atoms in total. The van der Waals surface area contributed by atoms with Crippen molar-refractivity contribution >= 4 is 11.8 Å². The maximum atomic E-state index is 12.4. The fourth-order valence-electron chi connectivity index (χ4n) is 2.75. The lowest BCUT2D eigenvalue weighted by Crippen LogP contribution is -2.51. The number of hydrogen-bond acceptors (Lipinski definition) is 4. The zero-order valence-corrected chi connectivity index (χ0v) is 14.3. The molecule has 2 heterocycles. The van der Waals surface area contributed by atoms with Crippen LogP contribution in [0.3, 0.4) is 0 Å². The Morgan fingerprint density at radius 2 is 1.78 bits per heavy atom. The van der Waals surface area contributed by atoms with Crippen LogP contribution in [0.25, 0.3) is 0 Å². The van der Waals surface area contributed by atoms with Crippen molar-refractivity contribution in [2.24, 2.45) is 0 Å². The minimum atomic E-state index is 0.0206. The van der Waals surface area contributed by atoms with E-state index in [2.05, 4.69) is 9.88 Å². The minimum absolute atomic E-state index is 0.0206. The van der Waals surface area contributed by atoms with Crippen LogP contribution in [0.2, 0.25) is 0 Å². The summed E-state index contributed by atoms with van der Waals surface area (Å²) in [6, 6.07) is 3.67. The van der Waals surface area contributed by atoms with E-state index in [1.54, 1.807) is 6.20 Å². The Kier molecular flexibility index (Phi) is 6.10.